The normalized spacial score (nSPS) is 14.7. The zero-order chi connectivity index (χ0) is 19.0. The molecule has 0 bridgehead atoms. The Hall–Kier alpha value is -2.89. The van der Waals surface area contributed by atoms with E-state index in [0.29, 0.717) is 41.9 Å². The number of fused-ring (bicyclic) bond motifs is 1. The fraction of sp³-hybridized carbons (Fsp3) is 0.333. The summed E-state index contributed by atoms with van der Waals surface area (Å²) in [4.78, 5) is 27.9. The van der Waals surface area contributed by atoms with E-state index in [-0.39, 0.29) is 17.3 Å². The minimum Gasteiger partial charge on any atom is -0.460 e. The standard InChI is InChI=1S/C21H21FN2O3/c1-14-18(20(25)23-10-3-2-4-11-23)19-17(27-14)9-12-24(21(19)26)13-15-5-7-16(22)8-6-15/h5-9,12H,2-4,10-11,13H2,1H3. The van der Waals surface area contributed by atoms with Crippen LogP contribution >= 0.6 is 0 Å². The number of amides is 1. The van der Waals surface area contributed by atoms with E-state index in [0.717, 1.165) is 24.8 Å². The van der Waals surface area contributed by atoms with E-state index in [1.54, 1.807) is 36.2 Å². The Balaban J connectivity index is 1.76. The van der Waals surface area contributed by atoms with E-state index in [1.807, 2.05) is 0 Å². The first-order chi connectivity index (χ1) is 13.0. The van der Waals surface area contributed by atoms with E-state index >= 15 is 0 Å². The summed E-state index contributed by atoms with van der Waals surface area (Å²) in [6, 6.07) is 7.73. The Morgan fingerprint density at radius 3 is 2.52 bits per heavy atom. The number of piperidine rings is 1. The van der Waals surface area contributed by atoms with Gasteiger partial charge in [-0.25, -0.2) is 4.39 Å². The molecule has 0 saturated carbocycles. The number of hydrogen-bond donors (Lipinski definition) is 0. The van der Waals surface area contributed by atoms with Gasteiger partial charge in [0.15, 0.2) is 0 Å². The van der Waals surface area contributed by atoms with Crippen molar-refractivity contribution in [1.82, 2.24) is 9.47 Å². The number of benzene rings is 1. The molecule has 3 aromatic rings. The molecule has 6 heteroatoms. The Bertz CT molecular complexity index is 1040. The molecule has 0 atom stereocenters. The van der Waals surface area contributed by atoms with Gasteiger partial charge in [-0.1, -0.05) is 12.1 Å². The molecular weight excluding hydrogens is 347 g/mol. The molecule has 5 nitrogen and oxygen atoms in total. The van der Waals surface area contributed by atoms with Crippen LogP contribution in [0.5, 0.6) is 0 Å². The first-order valence-corrected chi connectivity index (χ1v) is 9.21. The highest BCUT2D eigenvalue weighted by Gasteiger charge is 2.26. The fourth-order valence-corrected chi connectivity index (χ4v) is 3.69. The second-order valence-electron chi connectivity index (χ2n) is 7.00. The molecule has 1 aliphatic rings. The van der Waals surface area contributed by atoms with Crippen LogP contribution in [0.2, 0.25) is 0 Å². The number of carbonyl (C=O) groups excluding carboxylic acids is 1. The number of aromatic nitrogens is 1. The number of nitrogens with zero attached hydrogens (tertiary/aromatic N) is 2. The first kappa shape index (κ1) is 17.5. The summed E-state index contributed by atoms with van der Waals surface area (Å²) in [6.07, 6.45) is 4.73. The highest BCUT2D eigenvalue weighted by Crippen LogP contribution is 2.25. The lowest BCUT2D eigenvalue weighted by Crippen LogP contribution is -2.36. The van der Waals surface area contributed by atoms with Crippen molar-refractivity contribution < 1.29 is 13.6 Å². The van der Waals surface area contributed by atoms with Gasteiger partial charge in [-0.05, 0) is 49.9 Å². The number of likely N-dealkylation sites (tertiary alicyclic amines) is 1. The summed E-state index contributed by atoms with van der Waals surface area (Å²) >= 11 is 0. The number of pyridine rings is 1. The molecular formula is C21H21FN2O3. The second kappa shape index (κ2) is 7.02. The van der Waals surface area contributed by atoms with Crippen molar-refractivity contribution in [2.45, 2.75) is 32.7 Å². The fourth-order valence-electron chi connectivity index (χ4n) is 3.69. The van der Waals surface area contributed by atoms with Crippen LogP contribution < -0.4 is 5.56 Å². The van der Waals surface area contributed by atoms with E-state index in [4.69, 9.17) is 4.42 Å². The average molecular weight is 368 g/mol. The SMILES string of the molecule is Cc1oc2ccn(Cc3ccc(F)cc3)c(=O)c2c1C(=O)N1CCCCC1. The zero-order valence-electron chi connectivity index (χ0n) is 15.2. The van der Waals surface area contributed by atoms with Gasteiger partial charge in [0.1, 0.15) is 17.2 Å². The van der Waals surface area contributed by atoms with Gasteiger partial charge in [-0.2, -0.15) is 0 Å². The first-order valence-electron chi connectivity index (χ1n) is 9.21. The van der Waals surface area contributed by atoms with Gasteiger partial charge in [0.05, 0.1) is 17.5 Å². The van der Waals surface area contributed by atoms with Gasteiger partial charge in [0, 0.05) is 19.3 Å². The van der Waals surface area contributed by atoms with E-state index in [2.05, 4.69) is 0 Å². The zero-order valence-corrected chi connectivity index (χ0v) is 15.2. The second-order valence-corrected chi connectivity index (χ2v) is 7.00. The topological polar surface area (TPSA) is 55.5 Å². The Morgan fingerprint density at radius 2 is 1.81 bits per heavy atom. The summed E-state index contributed by atoms with van der Waals surface area (Å²) < 4.78 is 20.3. The maximum absolute atomic E-state index is 13.1. The maximum atomic E-state index is 13.1. The van der Waals surface area contributed by atoms with Crippen LogP contribution in [0.1, 0.15) is 40.9 Å². The molecule has 140 valence electrons. The molecule has 1 fully saturated rings. The van der Waals surface area contributed by atoms with Crippen molar-refractivity contribution in [3.8, 4) is 0 Å². The van der Waals surface area contributed by atoms with Gasteiger partial charge < -0.3 is 13.9 Å². The highest BCUT2D eigenvalue weighted by atomic mass is 19.1. The minimum atomic E-state index is -0.318. The lowest BCUT2D eigenvalue weighted by Gasteiger charge is -2.26. The Labute approximate surface area is 156 Å². The summed E-state index contributed by atoms with van der Waals surface area (Å²) in [7, 11) is 0. The number of carbonyl (C=O) groups is 1. The van der Waals surface area contributed by atoms with Gasteiger partial charge in [0.2, 0.25) is 0 Å². The van der Waals surface area contributed by atoms with Crippen LogP contribution in [0, 0.1) is 12.7 Å². The summed E-state index contributed by atoms with van der Waals surface area (Å²) in [5, 5.41) is 0.327. The Morgan fingerprint density at radius 1 is 1.11 bits per heavy atom. The maximum Gasteiger partial charge on any atom is 0.262 e. The van der Waals surface area contributed by atoms with Crippen molar-refractivity contribution in [2.75, 3.05) is 13.1 Å². The molecule has 1 aliphatic heterocycles. The molecule has 0 spiro atoms. The van der Waals surface area contributed by atoms with Crippen LogP contribution in [0.15, 0.2) is 45.7 Å². The van der Waals surface area contributed by atoms with Crippen LogP contribution in [0.3, 0.4) is 0 Å². The van der Waals surface area contributed by atoms with Crippen LogP contribution in [-0.2, 0) is 6.54 Å². The summed E-state index contributed by atoms with van der Waals surface area (Å²) in [5.41, 5.74) is 1.33. The van der Waals surface area contributed by atoms with Crippen LogP contribution in [-0.4, -0.2) is 28.5 Å². The molecule has 3 heterocycles. The van der Waals surface area contributed by atoms with E-state index < -0.39 is 0 Å². The predicted octanol–water partition coefficient (Wildman–Crippen LogP) is 3.72. The number of halogens is 1. The number of aryl methyl sites for hydroxylation is 1. The summed E-state index contributed by atoms with van der Waals surface area (Å²) in [5.74, 6) is 0.0150. The predicted molar refractivity (Wildman–Crippen MR) is 100 cm³/mol. The molecule has 0 unspecified atom stereocenters. The average Bonchev–Trinajstić information content (AvgIpc) is 3.02. The summed E-state index contributed by atoms with van der Waals surface area (Å²) in [6.45, 7) is 3.45. The van der Waals surface area contributed by atoms with Crippen molar-refractivity contribution in [3.63, 3.8) is 0 Å². The van der Waals surface area contributed by atoms with Gasteiger partial charge in [0.25, 0.3) is 11.5 Å². The number of rotatable bonds is 3. The van der Waals surface area contributed by atoms with Crippen molar-refractivity contribution in [3.05, 3.63) is 69.6 Å². The van der Waals surface area contributed by atoms with Crippen LogP contribution in [0.25, 0.3) is 11.0 Å². The quantitative estimate of drug-likeness (QED) is 0.708. The number of furan rings is 1. The third-order valence-electron chi connectivity index (χ3n) is 5.12. The van der Waals surface area contributed by atoms with Gasteiger partial charge >= 0.3 is 0 Å². The molecule has 1 amide bonds. The molecule has 0 N–H and O–H groups in total. The lowest BCUT2D eigenvalue weighted by atomic mass is 10.1. The van der Waals surface area contributed by atoms with Crippen LogP contribution in [0.4, 0.5) is 4.39 Å². The largest absolute Gasteiger partial charge is 0.460 e. The minimum absolute atomic E-state index is 0.136. The van der Waals surface area contributed by atoms with Gasteiger partial charge in [-0.3, -0.25) is 9.59 Å². The number of hydrogen-bond acceptors (Lipinski definition) is 3. The molecule has 27 heavy (non-hydrogen) atoms. The highest BCUT2D eigenvalue weighted by molar-refractivity contribution is 6.06. The lowest BCUT2D eigenvalue weighted by molar-refractivity contribution is 0.0724. The molecule has 1 aromatic carbocycles. The molecule has 2 aromatic heterocycles. The van der Waals surface area contributed by atoms with Crippen molar-refractivity contribution in [2.24, 2.45) is 0 Å². The van der Waals surface area contributed by atoms with E-state index in [9.17, 15) is 14.0 Å². The molecule has 4 rings (SSSR count). The third kappa shape index (κ3) is 3.27. The van der Waals surface area contributed by atoms with Gasteiger partial charge in [-0.15, -0.1) is 0 Å². The molecule has 1 saturated heterocycles. The smallest absolute Gasteiger partial charge is 0.262 e. The van der Waals surface area contributed by atoms with Crippen molar-refractivity contribution >= 4 is 16.9 Å². The van der Waals surface area contributed by atoms with E-state index in [1.165, 1.54) is 16.7 Å². The third-order valence-corrected chi connectivity index (χ3v) is 5.12. The molecule has 0 radical (unpaired) electrons. The Kier molecular flexibility index (Phi) is 4.56. The monoisotopic (exact) mass is 368 g/mol. The molecule has 0 aliphatic carbocycles. The van der Waals surface area contributed by atoms with Crippen molar-refractivity contribution in [1.29, 1.82) is 0 Å².